The van der Waals surface area contributed by atoms with Crippen molar-refractivity contribution < 1.29 is 18.7 Å². The molecule has 1 saturated carbocycles. The molecular formula is C22H24N2O4S. The molecule has 1 aliphatic rings. The Morgan fingerprint density at radius 3 is 2.72 bits per heavy atom. The number of hydrogen-bond acceptors (Lipinski definition) is 6. The van der Waals surface area contributed by atoms with Crippen LogP contribution >= 0.6 is 11.3 Å². The Kier molecular flexibility index (Phi) is 5.94. The topological polar surface area (TPSA) is 81.4 Å². The molecule has 0 bridgehead atoms. The van der Waals surface area contributed by atoms with Crippen molar-refractivity contribution >= 4 is 33.4 Å². The summed E-state index contributed by atoms with van der Waals surface area (Å²) < 4.78 is 11.8. The summed E-state index contributed by atoms with van der Waals surface area (Å²) in [7, 11) is 0. The minimum Gasteiger partial charge on any atom is -0.467 e. The van der Waals surface area contributed by atoms with E-state index in [1.165, 1.54) is 0 Å². The van der Waals surface area contributed by atoms with Gasteiger partial charge in [0, 0.05) is 6.42 Å². The SMILES string of the molecule is O=C(COC(=O)C1(Cc2nc3ccccc3s2)CCCCC1)NCc1ccco1. The third-order valence-corrected chi connectivity index (χ3v) is 6.48. The zero-order chi connectivity index (χ0) is 20.1. The maximum atomic E-state index is 13.0. The maximum absolute atomic E-state index is 13.0. The molecule has 2 heterocycles. The highest BCUT2D eigenvalue weighted by Gasteiger charge is 2.42. The fourth-order valence-corrected chi connectivity index (χ4v) is 5.01. The molecule has 1 aliphatic carbocycles. The number of nitrogens with zero attached hydrogens (tertiary/aromatic N) is 1. The summed E-state index contributed by atoms with van der Waals surface area (Å²) in [6, 6.07) is 11.5. The predicted molar refractivity (Wildman–Crippen MR) is 110 cm³/mol. The Balaban J connectivity index is 1.39. The number of para-hydroxylation sites is 1. The first kappa shape index (κ1) is 19.6. The van der Waals surface area contributed by atoms with E-state index < -0.39 is 5.41 Å². The van der Waals surface area contributed by atoms with E-state index in [0.717, 1.165) is 47.3 Å². The van der Waals surface area contributed by atoms with E-state index in [4.69, 9.17) is 14.1 Å². The molecule has 29 heavy (non-hydrogen) atoms. The van der Waals surface area contributed by atoms with Gasteiger partial charge in [0.05, 0.1) is 33.4 Å². The lowest BCUT2D eigenvalue weighted by atomic mass is 9.72. The lowest BCUT2D eigenvalue weighted by Crippen LogP contribution is -2.39. The van der Waals surface area contributed by atoms with Crippen LogP contribution in [0.2, 0.25) is 0 Å². The Labute approximate surface area is 173 Å². The van der Waals surface area contributed by atoms with Gasteiger partial charge in [-0.3, -0.25) is 9.59 Å². The molecule has 3 aromatic rings. The van der Waals surface area contributed by atoms with Gasteiger partial charge in [0.25, 0.3) is 5.91 Å². The van der Waals surface area contributed by atoms with Crippen LogP contribution in [0.4, 0.5) is 0 Å². The monoisotopic (exact) mass is 412 g/mol. The molecule has 0 unspecified atom stereocenters. The maximum Gasteiger partial charge on any atom is 0.313 e. The number of benzene rings is 1. The molecule has 1 N–H and O–H groups in total. The molecule has 1 amide bonds. The van der Waals surface area contributed by atoms with Crippen LogP contribution in [0.15, 0.2) is 47.1 Å². The summed E-state index contributed by atoms with van der Waals surface area (Å²) in [5, 5.41) is 3.65. The van der Waals surface area contributed by atoms with Gasteiger partial charge in [-0.15, -0.1) is 11.3 Å². The van der Waals surface area contributed by atoms with Crippen LogP contribution in [0, 0.1) is 5.41 Å². The van der Waals surface area contributed by atoms with Crippen molar-refractivity contribution in [2.75, 3.05) is 6.61 Å². The number of amides is 1. The molecular weight excluding hydrogens is 388 g/mol. The highest BCUT2D eigenvalue weighted by atomic mass is 32.1. The fourth-order valence-electron chi connectivity index (χ4n) is 3.90. The number of nitrogens with one attached hydrogen (secondary N) is 1. The largest absolute Gasteiger partial charge is 0.467 e. The van der Waals surface area contributed by atoms with Crippen molar-refractivity contribution in [1.82, 2.24) is 10.3 Å². The van der Waals surface area contributed by atoms with Crippen molar-refractivity contribution in [3.05, 3.63) is 53.4 Å². The van der Waals surface area contributed by atoms with E-state index in [1.54, 1.807) is 29.7 Å². The molecule has 4 rings (SSSR count). The number of thiazole rings is 1. The van der Waals surface area contributed by atoms with Crippen molar-refractivity contribution in [2.24, 2.45) is 5.41 Å². The van der Waals surface area contributed by atoms with Crippen LogP contribution in [0.5, 0.6) is 0 Å². The van der Waals surface area contributed by atoms with E-state index in [2.05, 4.69) is 5.32 Å². The van der Waals surface area contributed by atoms with Crippen molar-refractivity contribution in [1.29, 1.82) is 0 Å². The van der Waals surface area contributed by atoms with E-state index in [1.807, 2.05) is 24.3 Å². The van der Waals surface area contributed by atoms with Gasteiger partial charge in [0.15, 0.2) is 6.61 Å². The van der Waals surface area contributed by atoms with Gasteiger partial charge in [-0.2, -0.15) is 0 Å². The molecule has 7 heteroatoms. The van der Waals surface area contributed by atoms with Crippen LogP contribution < -0.4 is 5.32 Å². The molecule has 0 spiro atoms. The van der Waals surface area contributed by atoms with Gasteiger partial charge < -0.3 is 14.5 Å². The fraction of sp³-hybridized carbons (Fsp3) is 0.409. The molecule has 152 valence electrons. The summed E-state index contributed by atoms with van der Waals surface area (Å²) in [6.07, 6.45) is 6.77. The van der Waals surface area contributed by atoms with Crippen molar-refractivity contribution in [3.8, 4) is 0 Å². The van der Waals surface area contributed by atoms with Crippen LogP contribution in [-0.4, -0.2) is 23.5 Å². The van der Waals surface area contributed by atoms with E-state index >= 15 is 0 Å². The van der Waals surface area contributed by atoms with Gasteiger partial charge in [-0.25, -0.2) is 4.98 Å². The smallest absolute Gasteiger partial charge is 0.313 e. The third kappa shape index (κ3) is 4.67. The van der Waals surface area contributed by atoms with Crippen LogP contribution in [-0.2, 0) is 27.3 Å². The first-order chi connectivity index (χ1) is 14.1. The summed E-state index contributed by atoms with van der Waals surface area (Å²) in [6.45, 7) is 0.00136. The average molecular weight is 413 g/mol. The second-order valence-corrected chi connectivity index (χ2v) is 8.64. The number of furan rings is 1. The lowest BCUT2D eigenvalue weighted by Gasteiger charge is -2.34. The van der Waals surface area contributed by atoms with Gasteiger partial charge in [-0.05, 0) is 37.1 Å². The minimum absolute atomic E-state index is 0.277. The van der Waals surface area contributed by atoms with Gasteiger partial charge in [-0.1, -0.05) is 31.4 Å². The van der Waals surface area contributed by atoms with E-state index in [9.17, 15) is 9.59 Å². The zero-order valence-electron chi connectivity index (χ0n) is 16.2. The normalized spacial score (nSPS) is 15.9. The number of rotatable bonds is 7. The highest BCUT2D eigenvalue weighted by molar-refractivity contribution is 7.18. The number of esters is 1. The molecule has 0 atom stereocenters. The first-order valence-electron chi connectivity index (χ1n) is 9.95. The predicted octanol–water partition coefficient (Wildman–Crippen LogP) is 4.24. The van der Waals surface area contributed by atoms with Gasteiger partial charge in [0.2, 0.25) is 0 Å². The van der Waals surface area contributed by atoms with E-state index in [-0.39, 0.29) is 25.0 Å². The van der Waals surface area contributed by atoms with Gasteiger partial charge in [0.1, 0.15) is 5.76 Å². The standard InChI is InChI=1S/C22H24N2O4S/c25-19(23-14-16-7-6-12-27-16)15-28-21(26)22(10-4-1-5-11-22)13-20-24-17-8-2-3-9-18(17)29-20/h2-3,6-9,12H,1,4-5,10-11,13-15H2,(H,23,25). The Morgan fingerprint density at radius 1 is 1.14 bits per heavy atom. The first-order valence-corrected chi connectivity index (χ1v) is 10.8. The quantitative estimate of drug-likeness (QED) is 0.587. The third-order valence-electron chi connectivity index (χ3n) is 5.45. The second-order valence-electron chi connectivity index (χ2n) is 7.53. The Morgan fingerprint density at radius 2 is 1.97 bits per heavy atom. The summed E-state index contributed by atoms with van der Waals surface area (Å²) in [5.74, 6) is 0.0366. The van der Waals surface area contributed by atoms with E-state index in [0.29, 0.717) is 12.2 Å². The number of fused-ring (bicyclic) bond motifs is 1. The summed E-state index contributed by atoms with van der Waals surface area (Å²) in [4.78, 5) is 29.8. The molecule has 2 aromatic heterocycles. The van der Waals surface area contributed by atoms with Crippen molar-refractivity contribution in [2.45, 2.75) is 45.1 Å². The lowest BCUT2D eigenvalue weighted by molar-refractivity contribution is -0.161. The average Bonchev–Trinajstić information content (AvgIpc) is 3.40. The van der Waals surface area contributed by atoms with Crippen molar-refractivity contribution in [3.63, 3.8) is 0 Å². The van der Waals surface area contributed by atoms with Crippen LogP contribution in [0.3, 0.4) is 0 Å². The second kappa shape index (κ2) is 8.78. The number of hydrogen-bond donors (Lipinski definition) is 1. The number of ether oxygens (including phenoxy) is 1. The molecule has 0 aliphatic heterocycles. The molecule has 0 radical (unpaired) electrons. The summed E-state index contributed by atoms with van der Waals surface area (Å²) >= 11 is 1.63. The van der Waals surface area contributed by atoms with Crippen LogP contribution in [0.1, 0.15) is 42.9 Å². The molecule has 1 aromatic carbocycles. The number of aromatic nitrogens is 1. The summed E-state index contributed by atoms with van der Waals surface area (Å²) in [5.41, 5.74) is 0.372. The number of carbonyl (C=O) groups is 2. The molecule has 6 nitrogen and oxygen atoms in total. The highest BCUT2D eigenvalue weighted by Crippen LogP contribution is 2.41. The zero-order valence-corrected chi connectivity index (χ0v) is 17.0. The molecule has 0 saturated heterocycles. The Bertz CT molecular complexity index is 941. The minimum atomic E-state index is -0.590. The van der Waals surface area contributed by atoms with Crippen LogP contribution in [0.25, 0.3) is 10.2 Å². The molecule has 1 fully saturated rings. The van der Waals surface area contributed by atoms with Gasteiger partial charge >= 0.3 is 5.97 Å². The Hall–Kier alpha value is -2.67. The number of carbonyl (C=O) groups excluding carboxylic acids is 2.